The Bertz CT molecular complexity index is 547. The fourth-order valence-electron chi connectivity index (χ4n) is 2.69. The lowest BCUT2D eigenvalue weighted by Gasteiger charge is -2.35. The summed E-state index contributed by atoms with van der Waals surface area (Å²) < 4.78 is 0. The van der Waals surface area contributed by atoms with Crippen LogP contribution in [-0.4, -0.2) is 5.84 Å². The summed E-state index contributed by atoms with van der Waals surface area (Å²) in [5.74, 6) is 0.213. The Hall–Kier alpha value is -1.83. The van der Waals surface area contributed by atoms with Gasteiger partial charge in [-0.25, -0.2) is 0 Å². The highest BCUT2D eigenvalue weighted by molar-refractivity contribution is 5.92. The van der Waals surface area contributed by atoms with Gasteiger partial charge < -0.3 is 5.73 Å². The number of hydrogen-bond acceptors (Lipinski definition) is 1. The molecular formula is C17H22N2. The molecule has 0 fully saturated rings. The smallest absolute Gasteiger partial charge is 0.106 e. The molecule has 1 aromatic carbocycles. The van der Waals surface area contributed by atoms with Crippen LogP contribution in [-0.2, 0) is 10.8 Å². The van der Waals surface area contributed by atoms with E-state index in [9.17, 15) is 0 Å². The molecule has 100 valence electrons. The Morgan fingerprint density at radius 3 is 2.42 bits per heavy atom. The second-order valence-electron chi connectivity index (χ2n) is 6.17. The first kappa shape index (κ1) is 13.6. The maximum atomic E-state index is 8.07. The van der Waals surface area contributed by atoms with Crippen molar-refractivity contribution in [3.8, 4) is 0 Å². The molecule has 1 unspecified atom stereocenters. The number of allylic oxidation sites excluding steroid dienone is 3. The van der Waals surface area contributed by atoms with Gasteiger partial charge in [-0.2, -0.15) is 0 Å². The number of nitrogens with two attached hydrogens (primary N) is 1. The van der Waals surface area contributed by atoms with Crippen LogP contribution in [0.1, 0.15) is 38.3 Å². The van der Waals surface area contributed by atoms with Crippen LogP contribution >= 0.6 is 0 Å². The summed E-state index contributed by atoms with van der Waals surface area (Å²) in [5, 5.41) is 8.07. The number of nitrogens with one attached hydrogen (secondary N) is 1. The topological polar surface area (TPSA) is 49.9 Å². The zero-order valence-corrected chi connectivity index (χ0v) is 11.9. The minimum atomic E-state index is -0.487. The highest BCUT2D eigenvalue weighted by Gasteiger charge is 2.36. The fourth-order valence-corrected chi connectivity index (χ4v) is 2.69. The van der Waals surface area contributed by atoms with Gasteiger partial charge in [0.05, 0.1) is 5.41 Å². The van der Waals surface area contributed by atoms with Crippen LogP contribution in [0.4, 0.5) is 0 Å². The van der Waals surface area contributed by atoms with E-state index < -0.39 is 5.41 Å². The van der Waals surface area contributed by atoms with Gasteiger partial charge in [-0.1, -0.05) is 69.3 Å². The third kappa shape index (κ3) is 2.35. The molecular weight excluding hydrogens is 232 g/mol. The lowest BCUT2D eigenvalue weighted by atomic mass is 9.69. The summed E-state index contributed by atoms with van der Waals surface area (Å²) in [7, 11) is 0. The molecule has 19 heavy (non-hydrogen) atoms. The van der Waals surface area contributed by atoms with Crippen LogP contribution in [0.15, 0.2) is 48.6 Å². The monoisotopic (exact) mass is 254 g/mol. The molecule has 0 spiro atoms. The summed E-state index contributed by atoms with van der Waals surface area (Å²) in [6, 6.07) is 8.33. The SMILES string of the molecule is CC(C)(C)c1ccccc1C1(C(=N)N)C=CC=CC1. The highest BCUT2D eigenvalue weighted by atomic mass is 14.8. The number of rotatable bonds is 2. The van der Waals surface area contributed by atoms with Crippen molar-refractivity contribution in [3.63, 3.8) is 0 Å². The molecule has 2 nitrogen and oxygen atoms in total. The van der Waals surface area contributed by atoms with Crippen LogP contribution in [0, 0.1) is 5.41 Å². The Morgan fingerprint density at radius 1 is 1.21 bits per heavy atom. The van der Waals surface area contributed by atoms with Crippen LogP contribution in [0.2, 0.25) is 0 Å². The molecule has 3 N–H and O–H groups in total. The van der Waals surface area contributed by atoms with E-state index in [1.807, 2.05) is 18.2 Å². The van der Waals surface area contributed by atoms with E-state index in [4.69, 9.17) is 11.1 Å². The molecule has 0 amide bonds. The van der Waals surface area contributed by atoms with Crippen molar-refractivity contribution < 1.29 is 0 Å². The zero-order valence-electron chi connectivity index (χ0n) is 11.9. The van der Waals surface area contributed by atoms with Crippen molar-refractivity contribution in [2.24, 2.45) is 5.73 Å². The first-order valence-electron chi connectivity index (χ1n) is 6.67. The van der Waals surface area contributed by atoms with Gasteiger partial charge in [0.1, 0.15) is 5.84 Å². The summed E-state index contributed by atoms with van der Waals surface area (Å²) >= 11 is 0. The lowest BCUT2D eigenvalue weighted by molar-refractivity contribution is 0.565. The molecule has 0 saturated carbocycles. The van der Waals surface area contributed by atoms with Crippen molar-refractivity contribution >= 4 is 5.84 Å². The molecule has 1 aliphatic rings. The van der Waals surface area contributed by atoms with E-state index in [0.717, 1.165) is 12.0 Å². The summed E-state index contributed by atoms with van der Waals surface area (Å²) in [4.78, 5) is 0. The van der Waals surface area contributed by atoms with Crippen LogP contribution in [0.5, 0.6) is 0 Å². The average molecular weight is 254 g/mol. The quantitative estimate of drug-likeness (QED) is 0.614. The molecule has 0 radical (unpaired) electrons. The van der Waals surface area contributed by atoms with Gasteiger partial charge in [0, 0.05) is 0 Å². The molecule has 0 aromatic heterocycles. The third-order valence-corrected chi connectivity index (χ3v) is 3.76. The second-order valence-corrected chi connectivity index (χ2v) is 6.17. The molecule has 2 rings (SSSR count). The van der Waals surface area contributed by atoms with E-state index in [2.05, 4.69) is 51.1 Å². The highest BCUT2D eigenvalue weighted by Crippen LogP contribution is 2.38. The van der Waals surface area contributed by atoms with Gasteiger partial charge in [-0.05, 0) is 23.0 Å². The van der Waals surface area contributed by atoms with Crippen LogP contribution in [0.25, 0.3) is 0 Å². The molecule has 1 atom stereocenters. The molecule has 0 heterocycles. The predicted octanol–water partition coefficient (Wildman–Crippen LogP) is 3.67. The first-order valence-corrected chi connectivity index (χ1v) is 6.67. The first-order chi connectivity index (χ1) is 8.88. The Kier molecular flexibility index (Phi) is 3.36. The number of benzene rings is 1. The van der Waals surface area contributed by atoms with Gasteiger partial charge in [0.15, 0.2) is 0 Å². The average Bonchev–Trinajstić information content (AvgIpc) is 2.38. The van der Waals surface area contributed by atoms with Gasteiger partial charge in [0.25, 0.3) is 0 Å². The van der Waals surface area contributed by atoms with E-state index in [-0.39, 0.29) is 11.3 Å². The van der Waals surface area contributed by atoms with Crippen molar-refractivity contribution in [2.75, 3.05) is 0 Å². The maximum Gasteiger partial charge on any atom is 0.106 e. The standard InChI is InChI=1S/C17H22N2/c1-16(2,3)13-9-5-6-10-14(13)17(15(18)19)11-7-4-8-12-17/h4-11H,12H2,1-3H3,(H3,18,19). The minimum absolute atomic E-state index is 0.0358. The molecule has 0 aliphatic heterocycles. The van der Waals surface area contributed by atoms with E-state index >= 15 is 0 Å². The maximum absolute atomic E-state index is 8.07. The van der Waals surface area contributed by atoms with Crippen molar-refractivity contribution in [3.05, 3.63) is 59.7 Å². The molecule has 0 saturated heterocycles. The van der Waals surface area contributed by atoms with E-state index in [1.165, 1.54) is 5.56 Å². The van der Waals surface area contributed by atoms with Gasteiger partial charge in [-0.3, -0.25) is 5.41 Å². The fraction of sp³-hybridized carbons (Fsp3) is 0.353. The van der Waals surface area contributed by atoms with E-state index in [1.54, 1.807) is 0 Å². The Morgan fingerprint density at radius 2 is 1.89 bits per heavy atom. The Labute approximate surface area is 115 Å². The summed E-state index contributed by atoms with van der Waals surface area (Å²) in [5.41, 5.74) is 7.90. The Balaban J connectivity index is 2.66. The van der Waals surface area contributed by atoms with Crippen LogP contribution < -0.4 is 5.73 Å². The van der Waals surface area contributed by atoms with Crippen molar-refractivity contribution in [1.29, 1.82) is 5.41 Å². The minimum Gasteiger partial charge on any atom is -0.387 e. The van der Waals surface area contributed by atoms with Gasteiger partial charge in [-0.15, -0.1) is 0 Å². The zero-order chi connectivity index (χ0) is 14.1. The molecule has 1 aromatic rings. The summed E-state index contributed by atoms with van der Waals surface area (Å²) in [6.07, 6.45) is 8.90. The van der Waals surface area contributed by atoms with E-state index in [0.29, 0.717) is 0 Å². The molecule has 2 heteroatoms. The number of amidine groups is 1. The molecule has 0 bridgehead atoms. The molecule has 1 aliphatic carbocycles. The largest absolute Gasteiger partial charge is 0.387 e. The van der Waals surface area contributed by atoms with Gasteiger partial charge >= 0.3 is 0 Å². The second kappa shape index (κ2) is 4.69. The van der Waals surface area contributed by atoms with Gasteiger partial charge in [0.2, 0.25) is 0 Å². The summed E-state index contributed by atoms with van der Waals surface area (Å²) in [6.45, 7) is 6.59. The predicted molar refractivity (Wildman–Crippen MR) is 81.6 cm³/mol. The van der Waals surface area contributed by atoms with Crippen molar-refractivity contribution in [1.82, 2.24) is 0 Å². The third-order valence-electron chi connectivity index (χ3n) is 3.76. The van der Waals surface area contributed by atoms with Crippen molar-refractivity contribution in [2.45, 2.75) is 38.0 Å². The normalized spacial score (nSPS) is 22.5. The lowest BCUT2D eigenvalue weighted by Crippen LogP contribution is -2.41. The van der Waals surface area contributed by atoms with Crippen LogP contribution in [0.3, 0.4) is 0 Å². The number of hydrogen-bond donors (Lipinski definition) is 2.